The van der Waals surface area contributed by atoms with Gasteiger partial charge in [0.25, 0.3) is 0 Å². The van der Waals surface area contributed by atoms with Crippen LogP contribution in [0, 0.1) is 0 Å². The normalized spacial score (nSPS) is 11.9. The lowest BCUT2D eigenvalue weighted by Crippen LogP contribution is -2.27. The summed E-state index contributed by atoms with van der Waals surface area (Å²) < 4.78 is 12.0. The summed E-state index contributed by atoms with van der Waals surface area (Å²) in [5, 5.41) is 3.48. The van der Waals surface area contributed by atoms with E-state index in [1.165, 1.54) is 0 Å². The highest BCUT2D eigenvalue weighted by Crippen LogP contribution is 2.16. The molecule has 0 bridgehead atoms. The number of nitrogens with one attached hydrogen (secondary N) is 1. The fourth-order valence-electron chi connectivity index (χ4n) is 2.01. The van der Waals surface area contributed by atoms with Gasteiger partial charge in [0.05, 0.1) is 10.8 Å². The van der Waals surface area contributed by atoms with Crippen LogP contribution in [0.2, 0.25) is 5.02 Å². The molecule has 22 heavy (non-hydrogen) atoms. The van der Waals surface area contributed by atoms with Crippen molar-refractivity contribution in [3.8, 4) is 0 Å². The molecule has 0 fully saturated rings. The lowest BCUT2D eigenvalue weighted by atomic mass is 10.1. The van der Waals surface area contributed by atoms with Crippen LogP contribution >= 0.6 is 11.6 Å². The van der Waals surface area contributed by atoms with Gasteiger partial charge in [0, 0.05) is 28.6 Å². The SMILES string of the molecule is O=C(CCc1ccccc1Cl)NCCS(=O)c1ccccc1. The maximum Gasteiger partial charge on any atom is 0.220 e. The number of hydrogen-bond acceptors (Lipinski definition) is 2. The number of carbonyl (C=O) groups is 1. The first-order chi connectivity index (χ1) is 10.7. The Morgan fingerprint density at radius 2 is 1.73 bits per heavy atom. The molecule has 0 aromatic heterocycles. The second-order valence-electron chi connectivity index (χ2n) is 4.80. The number of halogens is 1. The molecule has 5 heteroatoms. The molecule has 0 saturated heterocycles. The second kappa shape index (κ2) is 8.71. The monoisotopic (exact) mass is 335 g/mol. The first-order valence-corrected chi connectivity index (χ1v) is 8.80. The summed E-state index contributed by atoms with van der Waals surface area (Å²) in [6.45, 7) is 0.406. The first-order valence-electron chi connectivity index (χ1n) is 7.10. The van der Waals surface area contributed by atoms with Crippen molar-refractivity contribution in [2.24, 2.45) is 0 Å². The summed E-state index contributed by atoms with van der Waals surface area (Å²) in [6.07, 6.45) is 0.981. The summed E-state index contributed by atoms with van der Waals surface area (Å²) >= 11 is 6.05. The first kappa shape index (κ1) is 16.7. The molecule has 116 valence electrons. The van der Waals surface area contributed by atoms with Crippen molar-refractivity contribution in [2.45, 2.75) is 17.7 Å². The van der Waals surface area contributed by atoms with E-state index >= 15 is 0 Å². The van der Waals surface area contributed by atoms with Gasteiger partial charge in [-0.25, -0.2) is 0 Å². The van der Waals surface area contributed by atoms with E-state index in [1.54, 1.807) is 0 Å². The number of amides is 1. The van der Waals surface area contributed by atoms with Crippen molar-refractivity contribution >= 4 is 28.3 Å². The lowest BCUT2D eigenvalue weighted by molar-refractivity contribution is -0.120. The van der Waals surface area contributed by atoms with Crippen molar-refractivity contribution in [1.82, 2.24) is 5.32 Å². The Hall–Kier alpha value is -1.65. The van der Waals surface area contributed by atoms with E-state index in [0.29, 0.717) is 30.2 Å². The Morgan fingerprint density at radius 1 is 1.05 bits per heavy atom. The summed E-state index contributed by atoms with van der Waals surface area (Å²) in [5.41, 5.74) is 0.965. The van der Waals surface area contributed by atoms with Crippen LogP contribution < -0.4 is 5.32 Å². The molecule has 0 aliphatic heterocycles. The maximum atomic E-state index is 12.0. The summed E-state index contributed by atoms with van der Waals surface area (Å²) in [6, 6.07) is 16.8. The van der Waals surface area contributed by atoms with Crippen molar-refractivity contribution in [1.29, 1.82) is 0 Å². The molecule has 1 atom stereocenters. The molecule has 0 heterocycles. The Balaban J connectivity index is 1.70. The van der Waals surface area contributed by atoms with Gasteiger partial charge in [-0.15, -0.1) is 0 Å². The molecule has 0 radical (unpaired) electrons. The molecular weight excluding hydrogens is 318 g/mol. The van der Waals surface area contributed by atoms with Crippen molar-refractivity contribution in [3.05, 3.63) is 65.2 Å². The molecule has 1 N–H and O–H groups in total. The van der Waals surface area contributed by atoms with E-state index in [1.807, 2.05) is 54.6 Å². The smallest absolute Gasteiger partial charge is 0.220 e. The number of aryl methyl sites for hydroxylation is 1. The van der Waals surface area contributed by atoms with Crippen LogP contribution in [0.15, 0.2) is 59.5 Å². The average molecular weight is 336 g/mol. The minimum atomic E-state index is -1.08. The minimum absolute atomic E-state index is 0.0509. The van der Waals surface area contributed by atoms with Crippen molar-refractivity contribution in [3.63, 3.8) is 0 Å². The van der Waals surface area contributed by atoms with E-state index in [4.69, 9.17) is 11.6 Å². The van der Waals surface area contributed by atoms with Crippen molar-refractivity contribution in [2.75, 3.05) is 12.3 Å². The van der Waals surface area contributed by atoms with Gasteiger partial charge in [-0.1, -0.05) is 48.0 Å². The largest absolute Gasteiger partial charge is 0.355 e. The van der Waals surface area contributed by atoms with E-state index in [-0.39, 0.29) is 5.91 Å². The molecule has 2 rings (SSSR count). The summed E-state index contributed by atoms with van der Waals surface area (Å²) in [5.74, 6) is 0.368. The van der Waals surface area contributed by atoms with Crippen LogP contribution in [0.25, 0.3) is 0 Å². The van der Waals surface area contributed by atoms with E-state index < -0.39 is 10.8 Å². The van der Waals surface area contributed by atoms with Gasteiger partial charge < -0.3 is 5.32 Å². The third-order valence-electron chi connectivity index (χ3n) is 3.19. The van der Waals surface area contributed by atoms with Gasteiger partial charge in [-0.3, -0.25) is 9.00 Å². The van der Waals surface area contributed by atoms with E-state index in [2.05, 4.69) is 5.32 Å². The van der Waals surface area contributed by atoms with Gasteiger partial charge in [-0.05, 0) is 30.2 Å². The van der Waals surface area contributed by atoms with Crippen LogP contribution in [-0.2, 0) is 22.0 Å². The summed E-state index contributed by atoms with van der Waals surface area (Å²) in [7, 11) is -1.08. The third-order valence-corrected chi connectivity index (χ3v) is 4.94. The standard InChI is InChI=1S/C17H18ClNO2S/c18-16-9-5-4-6-14(16)10-11-17(20)19-12-13-22(21)15-7-2-1-3-8-15/h1-9H,10-13H2,(H,19,20). The Labute approximate surface area is 138 Å². The number of hydrogen-bond donors (Lipinski definition) is 1. The van der Waals surface area contributed by atoms with Crippen LogP contribution in [0.5, 0.6) is 0 Å². The van der Waals surface area contributed by atoms with Crippen LogP contribution in [0.3, 0.4) is 0 Å². The molecule has 0 saturated carbocycles. The topological polar surface area (TPSA) is 46.2 Å². The molecule has 1 amide bonds. The highest BCUT2D eigenvalue weighted by atomic mass is 35.5. The average Bonchev–Trinajstić information content (AvgIpc) is 2.55. The molecule has 3 nitrogen and oxygen atoms in total. The molecule has 0 spiro atoms. The van der Waals surface area contributed by atoms with E-state index in [9.17, 15) is 9.00 Å². The Bertz CT molecular complexity index is 646. The molecule has 0 aliphatic carbocycles. The van der Waals surface area contributed by atoms with Gasteiger partial charge in [-0.2, -0.15) is 0 Å². The molecule has 1 unspecified atom stereocenters. The second-order valence-corrected chi connectivity index (χ2v) is 6.78. The number of rotatable bonds is 7. The van der Waals surface area contributed by atoms with Crippen LogP contribution in [0.4, 0.5) is 0 Å². The molecular formula is C17H18ClNO2S. The number of carbonyl (C=O) groups excluding carboxylic acids is 1. The highest BCUT2D eigenvalue weighted by molar-refractivity contribution is 7.85. The van der Waals surface area contributed by atoms with Gasteiger partial charge in [0.15, 0.2) is 0 Å². The minimum Gasteiger partial charge on any atom is -0.355 e. The zero-order valence-corrected chi connectivity index (χ0v) is 13.7. The predicted octanol–water partition coefficient (Wildman–Crippen LogP) is 3.20. The van der Waals surface area contributed by atoms with Gasteiger partial charge in [0.2, 0.25) is 5.91 Å². The van der Waals surface area contributed by atoms with Gasteiger partial charge in [0.1, 0.15) is 0 Å². The van der Waals surface area contributed by atoms with Crippen molar-refractivity contribution < 1.29 is 9.00 Å². The molecule has 0 aliphatic rings. The zero-order valence-electron chi connectivity index (χ0n) is 12.1. The van der Waals surface area contributed by atoms with Crippen LogP contribution in [-0.4, -0.2) is 22.4 Å². The van der Waals surface area contributed by atoms with E-state index in [0.717, 1.165) is 10.5 Å². The lowest BCUT2D eigenvalue weighted by Gasteiger charge is -2.06. The Kier molecular flexibility index (Phi) is 6.62. The van der Waals surface area contributed by atoms with Crippen LogP contribution in [0.1, 0.15) is 12.0 Å². The maximum absolute atomic E-state index is 12.0. The quantitative estimate of drug-likeness (QED) is 0.844. The number of benzene rings is 2. The zero-order chi connectivity index (χ0) is 15.8. The molecule has 2 aromatic rings. The Morgan fingerprint density at radius 3 is 2.45 bits per heavy atom. The third kappa shape index (κ3) is 5.28. The predicted molar refractivity (Wildman–Crippen MR) is 90.5 cm³/mol. The summed E-state index contributed by atoms with van der Waals surface area (Å²) in [4.78, 5) is 12.6. The highest BCUT2D eigenvalue weighted by Gasteiger charge is 2.06. The fraction of sp³-hybridized carbons (Fsp3) is 0.235. The fourth-order valence-corrected chi connectivity index (χ4v) is 3.23. The molecule has 2 aromatic carbocycles. The van der Waals surface area contributed by atoms with Gasteiger partial charge >= 0.3 is 0 Å².